The lowest BCUT2D eigenvalue weighted by Gasteiger charge is -2.36. The SMILES string of the molecule is CC(C)CNCc1cc(Cl)ccc1N1CCSCC1C. The van der Waals surface area contributed by atoms with Crippen molar-refractivity contribution >= 4 is 29.1 Å². The van der Waals surface area contributed by atoms with Crippen molar-refractivity contribution in [2.24, 2.45) is 5.92 Å². The molecule has 0 aliphatic carbocycles. The number of benzene rings is 1. The molecule has 0 bridgehead atoms. The Labute approximate surface area is 132 Å². The van der Waals surface area contributed by atoms with E-state index in [1.165, 1.54) is 22.8 Å². The fourth-order valence-electron chi connectivity index (χ4n) is 2.56. The van der Waals surface area contributed by atoms with Gasteiger partial charge in [-0.1, -0.05) is 25.4 Å². The lowest BCUT2D eigenvalue weighted by atomic mass is 10.1. The van der Waals surface area contributed by atoms with Crippen LogP contribution < -0.4 is 10.2 Å². The topological polar surface area (TPSA) is 15.3 Å². The molecular formula is C16H25ClN2S. The molecule has 1 aromatic carbocycles. The lowest BCUT2D eigenvalue weighted by molar-refractivity contribution is 0.551. The minimum absolute atomic E-state index is 0.596. The summed E-state index contributed by atoms with van der Waals surface area (Å²) >= 11 is 8.23. The van der Waals surface area contributed by atoms with Crippen molar-refractivity contribution in [3.8, 4) is 0 Å². The van der Waals surface area contributed by atoms with E-state index in [1.54, 1.807) is 0 Å². The van der Waals surface area contributed by atoms with Crippen LogP contribution in [0.5, 0.6) is 0 Å². The van der Waals surface area contributed by atoms with Gasteiger partial charge >= 0.3 is 0 Å². The molecule has 0 aromatic heterocycles. The predicted octanol–water partition coefficient (Wildman–Crippen LogP) is 4.03. The Kier molecular flexibility index (Phi) is 6.06. The zero-order valence-electron chi connectivity index (χ0n) is 12.7. The van der Waals surface area contributed by atoms with Gasteiger partial charge in [-0.15, -0.1) is 0 Å². The number of thioether (sulfide) groups is 1. The molecule has 1 aliphatic rings. The van der Waals surface area contributed by atoms with Gasteiger partial charge in [-0.2, -0.15) is 11.8 Å². The minimum Gasteiger partial charge on any atom is -0.367 e. The minimum atomic E-state index is 0.596. The van der Waals surface area contributed by atoms with Crippen LogP contribution in [0.1, 0.15) is 26.3 Å². The number of halogens is 1. The van der Waals surface area contributed by atoms with Gasteiger partial charge in [0.15, 0.2) is 0 Å². The molecule has 1 aliphatic heterocycles. The van der Waals surface area contributed by atoms with Gasteiger partial charge in [0.2, 0.25) is 0 Å². The monoisotopic (exact) mass is 312 g/mol. The molecule has 0 amide bonds. The Morgan fingerprint density at radius 2 is 2.25 bits per heavy atom. The highest BCUT2D eigenvalue weighted by molar-refractivity contribution is 7.99. The molecule has 1 unspecified atom stereocenters. The van der Waals surface area contributed by atoms with E-state index in [0.717, 1.165) is 24.7 Å². The standard InChI is InChI=1S/C16H25ClN2S/c1-12(2)9-18-10-14-8-15(17)4-5-16(14)19-6-7-20-11-13(19)3/h4-5,8,12-13,18H,6-7,9-11H2,1-3H3. The second-order valence-corrected chi connectivity index (χ2v) is 7.50. The summed E-state index contributed by atoms with van der Waals surface area (Å²) in [6.45, 7) is 9.84. The first kappa shape index (κ1) is 16.0. The van der Waals surface area contributed by atoms with Gasteiger partial charge in [0, 0.05) is 41.3 Å². The van der Waals surface area contributed by atoms with Gasteiger partial charge in [0.1, 0.15) is 0 Å². The summed E-state index contributed by atoms with van der Waals surface area (Å²) in [6.07, 6.45) is 0. The molecular weight excluding hydrogens is 288 g/mol. The van der Waals surface area contributed by atoms with Crippen molar-refractivity contribution in [3.63, 3.8) is 0 Å². The fourth-order valence-corrected chi connectivity index (χ4v) is 3.76. The molecule has 0 radical (unpaired) electrons. The maximum absolute atomic E-state index is 6.18. The van der Waals surface area contributed by atoms with E-state index >= 15 is 0 Å². The molecule has 2 nitrogen and oxygen atoms in total. The highest BCUT2D eigenvalue weighted by Gasteiger charge is 2.21. The summed E-state index contributed by atoms with van der Waals surface area (Å²) < 4.78 is 0. The van der Waals surface area contributed by atoms with Crippen LogP contribution in [-0.2, 0) is 6.54 Å². The van der Waals surface area contributed by atoms with E-state index < -0.39 is 0 Å². The Hall–Kier alpha value is -0.380. The second-order valence-electron chi connectivity index (χ2n) is 5.92. The van der Waals surface area contributed by atoms with Gasteiger partial charge in [0.05, 0.1) is 0 Å². The summed E-state index contributed by atoms with van der Waals surface area (Å²) in [5, 5.41) is 4.36. The highest BCUT2D eigenvalue weighted by Crippen LogP contribution is 2.29. The van der Waals surface area contributed by atoms with E-state index in [0.29, 0.717) is 12.0 Å². The van der Waals surface area contributed by atoms with Crippen LogP contribution in [0.4, 0.5) is 5.69 Å². The van der Waals surface area contributed by atoms with Gasteiger partial charge < -0.3 is 10.2 Å². The summed E-state index contributed by atoms with van der Waals surface area (Å²) in [4.78, 5) is 2.53. The van der Waals surface area contributed by atoms with Crippen molar-refractivity contribution in [1.82, 2.24) is 5.32 Å². The summed E-state index contributed by atoms with van der Waals surface area (Å²) in [7, 11) is 0. The van der Waals surface area contributed by atoms with Crippen LogP contribution in [0.25, 0.3) is 0 Å². The third kappa shape index (κ3) is 4.31. The Morgan fingerprint density at radius 1 is 1.45 bits per heavy atom. The average molecular weight is 313 g/mol. The molecule has 0 spiro atoms. The molecule has 1 atom stereocenters. The van der Waals surface area contributed by atoms with Crippen molar-refractivity contribution in [2.75, 3.05) is 29.5 Å². The third-order valence-electron chi connectivity index (χ3n) is 3.59. The molecule has 1 saturated heterocycles. The van der Waals surface area contributed by atoms with Crippen LogP contribution in [0.3, 0.4) is 0 Å². The van der Waals surface area contributed by atoms with Gasteiger partial charge in [-0.05, 0) is 43.1 Å². The molecule has 1 N–H and O–H groups in total. The first-order valence-corrected chi connectivity index (χ1v) is 8.94. The van der Waals surface area contributed by atoms with Crippen molar-refractivity contribution in [3.05, 3.63) is 28.8 Å². The Bertz CT molecular complexity index is 436. The molecule has 0 saturated carbocycles. The van der Waals surface area contributed by atoms with Crippen molar-refractivity contribution in [2.45, 2.75) is 33.4 Å². The zero-order chi connectivity index (χ0) is 14.5. The summed E-state index contributed by atoms with van der Waals surface area (Å²) in [5.41, 5.74) is 2.66. The van der Waals surface area contributed by atoms with Crippen LogP contribution in [0.2, 0.25) is 5.02 Å². The number of hydrogen-bond donors (Lipinski definition) is 1. The average Bonchev–Trinajstić information content (AvgIpc) is 2.40. The van der Waals surface area contributed by atoms with Crippen LogP contribution in [0, 0.1) is 5.92 Å². The third-order valence-corrected chi connectivity index (χ3v) is 5.01. The van der Waals surface area contributed by atoms with Crippen molar-refractivity contribution < 1.29 is 0 Å². The maximum Gasteiger partial charge on any atom is 0.0415 e. The van der Waals surface area contributed by atoms with Gasteiger partial charge in [-0.3, -0.25) is 0 Å². The Morgan fingerprint density at radius 3 is 2.95 bits per heavy atom. The number of anilines is 1. The van der Waals surface area contributed by atoms with Crippen LogP contribution >= 0.6 is 23.4 Å². The van der Waals surface area contributed by atoms with Gasteiger partial charge in [-0.25, -0.2) is 0 Å². The van der Waals surface area contributed by atoms with Gasteiger partial charge in [0.25, 0.3) is 0 Å². The number of rotatable bonds is 5. The summed E-state index contributed by atoms with van der Waals surface area (Å²) in [5.74, 6) is 3.09. The smallest absolute Gasteiger partial charge is 0.0415 e. The molecule has 112 valence electrons. The predicted molar refractivity (Wildman–Crippen MR) is 92.1 cm³/mol. The highest BCUT2D eigenvalue weighted by atomic mass is 35.5. The summed E-state index contributed by atoms with van der Waals surface area (Å²) in [6, 6.07) is 6.90. The Balaban J connectivity index is 2.14. The van der Waals surface area contributed by atoms with E-state index in [9.17, 15) is 0 Å². The van der Waals surface area contributed by atoms with Crippen LogP contribution in [0.15, 0.2) is 18.2 Å². The second kappa shape index (κ2) is 7.58. The fraction of sp³-hybridized carbons (Fsp3) is 0.625. The first-order chi connectivity index (χ1) is 9.58. The van der Waals surface area contributed by atoms with Crippen molar-refractivity contribution in [1.29, 1.82) is 0 Å². The van der Waals surface area contributed by atoms with E-state index in [1.807, 2.05) is 17.8 Å². The number of nitrogens with one attached hydrogen (secondary N) is 1. The molecule has 4 heteroatoms. The molecule has 20 heavy (non-hydrogen) atoms. The quantitative estimate of drug-likeness (QED) is 0.884. The molecule has 1 aromatic rings. The van der Waals surface area contributed by atoms with E-state index in [2.05, 4.69) is 43.1 Å². The lowest BCUT2D eigenvalue weighted by Crippen LogP contribution is -2.41. The number of nitrogens with zero attached hydrogens (tertiary/aromatic N) is 1. The molecule has 1 heterocycles. The largest absolute Gasteiger partial charge is 0.367 e. The van der Waals surface area contributed by atoms with E-state index in [-0.39, 0.29) is 0 Å². The molecule has 1 fully saturated rings. The maximum atomic E-state index is 6.18. The normalized spacial score (nSPS) is 19.6. The number of hydrogen-bond acceptors (Lipinski definition) is 3. The first-order valence-electron chi connectivity index (χ1n) is 7.41. The zero-order valence-corrected chi connectivity index (χ0v) is 14.2. The molecule has 2 rings (SSSR count). The van der Waals surface area contributed by atoms with E-state index in [4.69, 9.17) is 11.6 Å². The van der Waals surface area contributed by atoms with Crippen LogP contribution in [-0.4, -0.2) is 30.6 Å².